The largest absolute Gasteiger partial charge is 0.481 e. The van der Waals surface area contributed by atoms with E-state index in [0.29, 0.717) is 35.1 Å². The van der Waals surface area contributed by atoms with Gasteiger partial charge in [-0.3, -0.25) is 33.8 Å². The predicted molar refractivity (Wildman–Crippen MR) is 255 cm³/mol. The summed E-state index contributed by atoms with van der Waals surface area (Å²) in [5.41, 5.74) is 5.66. The molecule has 1 unspecified atom stereocenters. The van der Waals surface area contributed by atoms with Crippen molar-refractivity contribution < 1.29 is 29.4 Å². The summed E-state index contributed by atoms with van der Waals surface area (Å²) >= 11 is 0. The molecule has 3 aromatic heterocycles. The van der Waals surface area contributed by atoms with Gasteiger partial charge in [-0.15, -0.1) is 0 Å². The third-order valence-electron chi connectivity index (χ3n) is 11.6. The number of benzene rings is 1. The molecule has 0 saturated carbocycles. The van der Waals surface area contributed by atoms with Crippen molar-refractivity contribution in [1.82, 2.24) is 24.8 Å². The van der Waals surface area contributed by atoms with Gasteiger partial charge in [0, 0.05) is 42.5 Å². The Labute approximate surface area is 382 Å². The number of aliphatic carboxylic acids is 2. The molecule has 4 N–H and O–H groups in total. The molecule has 0 aliphatic carbocycles. The van der Waals surface area contributed by atoms with Gasteiger partial charge < -0.3 is 30.0 Å². The molecule has 0 fully saturated rings. The van der Waals surface area contributed by atoms with Gasteiger partial charge >= 0.3 is 11.9 Å². The maximum absolute atomic E-state index is 14.0. The Morgan fingerprint density at radius 3 is 1.97 bits per heavy atom. The summed E-state index contributed by atoms with van der Waals surface area (Å²) in [6, 6.07) is 9.82. The Hall–Kier alpha value is -6.63. The number of carboxylic acid groups (broad SMARTS) is 2. The van der Waals surface area contributed by atoms with Crippen LogP contribution in [0, 0.1) is 31.1 Å². The highest BCUT2D eigenvalue weighted by Gasteiger charge is 2.29. The van der Waals surface area contributed by atoms with Crippen LogP contribution in [0.25, 0.3) is 22.3 Å². The summed E-state index contributed by atoms with van der Waals surface area (Å²) in [4.78, 5) is 83.2. The lowest BCUT2D eigenvalue weighted by Crippen LogP contribution is -2.43. The molecule has 1 aromatic carbocycles. The Balaban J connectivity index is 1.68. The number of rotatable bonds is 20. The van der Waals surface area contributed by atoms with E-state index in [1.807, 2.05) is 66.7 Å². The molecule has 0 radical (unpaired) electrons. The summed E-state index contributed by atoms with van der Waals surface area (Å²) in [6.07, 6.45) is 11.6. The predicted octanol–water partition coefficient (Wildman–Crippen LogP) is 8.93. The fourth-order valence-corrected chi connectivity index (χ4v) is 7.68. The minimum Gasteiger partial charge on any atom is -0.481 e. The van der Waals surface area contributed by atoms with Crippen molar-refractivity contribution in [2.75, 3.05) is 0 Å². The molecule has 4 atom stereocenters. The highest BCUT2D eigenvalue weighted by atomic mass is 16.4. The molecule has 13 nitrogen and oxygen atoms in total. The zero-order chi connectivity index (χ0) is 48.3. The van der Waals surface area contributed by atoms with E-state index in [4.69, 9.17) is 0 Å². The minimum atomic E-state index is -1.13. The second kappa shape index (κ2) is 22.3. The van der Waals surface area contributed by atoms with Crippen molar-refractivity contribution >= 4 is 23.8 Å². The van der Waals surface area contributed by atoms with Crippen molar-refractivity contribution in [2.24, 2.45) is 17.3 Å². The van der Waals surface area contributed by atoms with Crippen LogP contribution >= 0.6 is 0 Å². The molecular formula is C52H65N5O8. The van der Waals surface area contributed by atoms with Crippen molar-refractivity contribution in [3.05, 3.63) is 147 Å². The molecule has 2 amide bonds. The van der Waals surface area contributed by atoms with Crippen molar-refractivity contribution in [3.8, 4) is 22.3 Å². The summed E-state index contributed by atoms with van der Waals surface area (Å²) in [6.45, 7) is 23.9. The van der Waals surface area contributed by atoms with E-state index >= 15 is 0 Å². The van der Waals surface area contributed by atoms with Crippen LogP contribution in [-0.4, -0.2) is 54.1 Å². The number of nitrogens with one attached hydrogen (secondary N) is 2. The summed E-state index contributed by atoms with van der Waals surface area (Å²) < 4.78 is 2.74. The number of aromatic nitrogens is 3. The highest BCUT2D eigenvalue weighted by molar-refractivity contribution is 5.84. The monoisotopic (exact) mass is 887 g/mol. The first-order valence-electron chi connectivity index (χ1n) is 22.0. The lowest BCUT2D eigenvalue weighted by molar-refractivity contribution is -0.139. The summed E-state index contributed by atoms with van der Waals surface area (Å²) in [5, 5.41) is 25.4. The quantitative estimate of drug-likeness (QED) is 0.0628. The van der Waals surface area contributed by atoms with E-state index in [9.17, 15) is 39.0 Å². The molecule has 0 saturated heterocycles. The van der Waals surface area contributed by atoms with Crippen LogP contribution in [0.15, 0.2) is 119 Å². The maximum Gasteiger partial charge on any atom is 0.305 e. The molecule has 0 aliphatic rings. The van der Waals surface area contributed by atoms with Crippen molar-refractivity contribution in [2.45, 2.75) is 119 Å². The van der Waals surface area contributed by atoms with Gasteiger partial charge in [0.15, 0.2) is 0 Å². The third-order valence-corrected chi connectivity index (χ3v) is 11.6. The van der Waals surface area contributed by atoms with Crippen LogP contribution in [0.1, 0.15) is 116 Å². The zero-order valence-corrected chi connectivity index (χ0v) is 39.3. The van der Waals surface area contributed by atoms with E-state index in [1.165, 1.54) is 27.5 Å². The van der Waals surface area contributed by atoms with E-state index in [0.717, 1.165) is 27.8 Å². The van der Waals surface area contributed by atoms with Crippen LogP contribution in [-0.2, 0) is 19.2 Å². The molecule has 4 aromatic rings. The fourth-order valence-electron chi connectivity index (χ4n) is 7.68. The first-order chi connectivity index (χ1) is 30.5. The van der Waals surface area contributed by atoms with Gasteiger partial charge in [-0.2, -0.15) is 0 Å². The van der Waals surface area contributed by atoms with Crippen LogP contribution in [0.5, 0.6) is 0 Å². The SMILES string of the molecule is C=C(/C=C\C=C(/C)C(C)(C)C)[C@@H](CC(=O)O)NC(=O)C(CC(C)C)n1ccc(-c2ccc(C)c(-c3cncc([C@H](CC(=O)O)NC(=O)[C@H](CC(C)C)n4ccccc4=O)c3)c2C)cc1=O. The number of aryl methyl sites for hydroxylation is 1. The Morgan fingerprint density at radius 1 is 0.785 bits per heavy atom. The number of amides is 2. The molecule has 13 heteroatoms. The minimum absolute atomic E-state index is 0.00784. The highest BCUT2D eigenvalue weighted by Crippen LogP contribution is 2.35. The molecule has 0 bridgehead atoms. The first kappa shape index (κ1) is 51.0. The van der Waals surface area contributed by atoms with Gasteiger partial charge in [-0.25, -0.2) is 0 Å². The van der Waals surface area contributed by atoms with E-state index in [1.54, 1.807) is 55.0 Å². The van der Waals surface area contributed by atoms with Gasteiger partial charge in [0.05, 0.1) is 24.9 Å². The van der Waals surface area contributed by atoms with E-state index in [2.05, 4.69) is 43.0 Å². The first-order valence-corrected chi connectivity index (χ1v) is 22.0. The number of hydrogen-bond acceptors (Lipinski definition) is 7. The number of carbonyl (C=O) groups excluding carboxylic acids is 2. The molecule has 346 valence electrons. The molecule has 0 spiro atoms. The molecule has 65 heavy (non-hydrogen) atoms. The normalized spacial score (nSPS) is 13.9. The summed E-state index contributed by atoms with van der Waals surface area (Å²) in [7, 11) is 0. The van der Waals surface area contributed by atoms with Gasteiger partial charge in [0.2, 0.25) is 11.8 Å². The molecule has 3 heterocycles. The topological polar surface area (TPSA) is 190 Å². The Bertz CT molecular complexity index is 2570. The lowest BCUT2D eigenvalue weighted by Gasteiger charge is -2.25. The van der Waals surface area contributed by atoms with Gasteiger partial charge in [-0.1, -0.05) is 97.0 Å². The van der Waals surface area contributed by atoms with E-state index in [-0.39, 0.29) is 22.8 Å². The Morgan fingerprint density at radius 2 is 1.40 bits per heavy atom. The summed E-state index contributed by atoms with van der Waals surface area (Å²) in [5.74, 6) is -3.16. The van der Waals surface area contributed by atoms with Crippen LogP contribution < -0.4 is 21.8 Å². The number of carbonyl (C=O) groups is 4. The van der Waals surface area contributed by atoms with Gasteiger partial charge in [-0.05, 0) is 108 Å². The average molecular weight is 888 g/mol. The van der Waals surface area contributed by atoms with Crippen molar-refractivity contribution in [1.29, 1.82) is 0 Å². The standard InChI is InChI=1S/C52H65N5O8/c1-31(2)23-43(56-21-13-12-17-45(56)58)51(65)55-42(28-48(62)63)38-25-39(30-53-29-38)49-34(6)18-19-40(36(49)8)37-20-22-57(46(59)26-37)44(24-32(3)4)50(64)54-41(27-47(60)61)33(5)15-14-16-35(7)52(9,10)11/h12-22,25-26,29-32,41-44H,5,23-24,27-28H2,1-4,6-11H3,(H,54,64)(H,55,65)(H,60,61)(H,62,63)/b15-14-,35-16+/t41-,42+,43+,44?/m1/s1. The zero-order valence-electron chi connectivity index (χ0n) is 39.3. The second-order valence-corrected chi connectivity index (χ2v) is 18.7. The second-order valence-electron chi connectivity index (χ2n) is 18.7. The number of carboxylic acids is 2. The van der Waals surface area contributed by atoms with Gasteiger partial charge in [0.1, 0.15) is 12.1 Å². The van der Waals surface area contributed by atoms with E-state index < -0.39 is 66.3 Å². The van der Waals surface area contributed by atoms with Crippen LogP contribution in [0.2, 0.25) is 0 Å². The Kier molecular flexibility index (Phi) is 17.5. The molecular weight excluding hydrogens is 823 g/mol. The maximum atomic E-state index is 14.0. The third kappa shape index (κ3) is 13.9. The number of nitrogens with zero attached hydrogens (tertiary/aromatic N) is 3. The number of allylic oxidation sites excluding steroid dienone is 3. The number of pyridine rings is 3. The smallest absolute Gasteiger partial charge is 0.305 e. The average Bonchev–Trinajstić information content (AvgIpc) is 3.21. The number of hydrogen-bond donors (Lipinski definition) is 4. The fraction of sp³-hybridized carbons (Fsp3) is 0.404. The van der Waals surface area contributed by atoms with Gasteiger partial charge in [0.25, 0.3) is 11.1 Å². The lowest BCUT2D eigenvalue weighted by atomic mass is 9.87. The van der Waals surface area contributed by atoms with Crippen LogP contribution in [0.4, 0.5) is 0 Å². The van der Waals surface area contributed by atoms with Crippen LogP contribution in [0.3, 0.4) is 0 Å². The van der Waals surface area contributed by atoms with Crippen molar-refractivity contribution in [3.63, 3.8) is 0 Å². The molecule has 0 aliphatic heterocycles. The molecule has 4 rings (SSSR count).